The monoisotopic (exact) mass is 483 g/mol. The Hall–Kier alpha value is -3.30. The molecule has 0 aromatic heterocycles. The average Bonchev–Trinajstić information content (AvgIpc) is 2.82. The third-order valence-electron chi connectivity index (χ3n) is 5.64. The number of carbonyl (C=O) groups excluding carboxylic acids is 2. The number of carbonyl (C=O) groups is 2. The smallest absolute Gasteiger partial charge is 0.419 e. The molecule has 1 saturated heterocycles. The first-order valence-electron chi connectivity index (χ1n) is 10.7. The first-order chi connectivity index (χ1) is 16.2. The van der Waals surface area contributed by atoms with Gasteiger partial charge in [-0.1, -0.05) is 6.07 Å². The van der Waals surface area contributed by atoms with Crippen LogP contribution in [0.25, 0.3) is 0 Å². The van der Waals surface area contributed by atoms with E-state index in [1.54, 1.807) is 12.1 Å². The molecule has 34 heavy (non-hydrogen) atoms. The van der Waals surface area contributed by atoms with Crippen molar-refractivity contribution in [1.29, 1.82) is 0 Å². The van der Waals surface area contributed by atoms with Crippen molar-refractivity contribution in [2.24, 2.45) is 0 Å². The largest absolute Gasteiger partial charge is 0.493 e. The highest BCUT2D eigenvalue weighted by atomic mass is 19.4. The van der Waals surface area contributed by atoms with E-state index in [4.69, 9.17) is 14.2 Å². The van der Waals surface area contributed by atoms with Crippen LogP contribution in [-0.2, 0) is 22.1 Å². The lowest BCUT2D eigenvalue weighted by molar-refractivity contribution is -0.150. The molecule has 0 N–H and O–H groups in total. The number of alkyl halides is 3. The number of benzene rings is 2. The number of nitrogens with zero attached hydrogens (tertiary/aromatic N) is 1. The SMILES string of the molecule is COc1ccc(CCOC(=O)C2CCCCN2C(=O)c2ccc(C(F)(F)F)c(F)c2)cc1OC. The summed E-state index contributed by atoms with van der Waals surface area (Å²) in [5.74, 6) is -1.75. The van der Waals surface area contributed by atoms with Crippen molar-refractivity contribution in [2.45, 2.75) is 37.9 Å². The van der Waals surface area contributed by atoms with Crippen LogP contribution in [0.1, 0.15) is 40.7 Å². The zero-order chi connectivity index (χ0) is 24.9. The first kappa shape index (κ1) is 25.3. The molecule has 1 atom stereocenters. The zero-order valence-corrected chi connectivity index (χ0v) is 18.8. The molecule has 2 aromatic rings. The molecule has 1 amide bonds. The molecule has 6 nitrogen and oxygen atoms in total. The number of hydrogen-bond acceptors (Lipinski definition) is 5. The van der Waals surface area contributed by atoms with Gasteiger partial charge in [-0.15, -0.1) is 0 Å². The molecule has 10 heteroatoms. The van der Waals surface area contributed by atoms with E-state index in [0.29, 0.717) is 49.3 Å². The summed E-state index contributed by atoms with van der Waals surface area (Å²) < 4.78 is 68.2. The average molecular weight is 483 g/mol. The maximum Gasteiger partial charge on any atom is 0.419 e. The molecule has 0 bridgehead atoms. The second-order valence-corrected chi connectivity index (χ2v) is 7.81. The summed E-state index contributed by atoms with van der Waals surface area (Å²) in [4.78, 5) is 26.9. The van der Waals surface area contributed by atoms with Crippen LogP contribution in [0, 0.1) is 5.82 Å². The normalized spacial score (nSPS) is 16.2. The van der Waals surface area contributed by atoms with E-state index in [-0.39, 0.29) is 18.7 Å². The maximum atomic E-state index is 14.0. The van der Waals surface area contributed by atoms with E-state index in [1.807, 2.05) is 6.07 Å². The topological polar surface area (TPSA) is 65.1 Å². The third kappa shape index (κ3) is 5.78. The van der Waals surface area contributed by atoms with Crippen molar-refractivity contribution in [2.75, 3.05) is 27.4 Å². The molecule has 0 spiro atoms. The molecule has 1 aliphatic heterocycles. The number of rotatable bonds is 7. The Bertz CT molecular complexity index is 1040. The first-order valence-corrected chi connectivity index (χ1v) is 10.7. The Morgan fingerprint density at radius 2 is 1.76 bits per heavy atom. The molecule has 0 aliphatic carbocycles. The third-order valence-corrected chi connectivity index (χ3v) is 5.64. The summed E-state index contributed by atoms with van der Waals surface area (Å²) in [5, 5.41) is 0. The van der Waals surface area contributed by atoms with Gasteiger partial charge < -0.3 is 19.1 Å². The Balaban J connectivity index is 1.65. The molecule has 0 radical (unpaired) electrons. The van der Waals surface area contributed by atoms with Crippen LogP contribution < -0.4 is 9.47 Å². The lowest BCUT2D eigenvalue weighted by Crippen LogP contribution is -2.48. The van der Waals surface area contributed by atoms with E-state index in [0.717, 1.165) is 11.6 Å². The minimum atomic E-state index is -4.86. The summed E-state index contributed by atoms with van der Waals surface area (Å²) in [6.45, 7) is 0.276. The number of likely N-dealkylation sites (tertiary alicyclic amines) is 1. The minimum Gasteiger partial charge on any atom is -0.493 e. The number of methoxy groups -OCH3 is 2. The molecule has 0 saturated carbocycles. The number of ether oxygens (including phenoxy) is 3. The van der Waals surface area contributed by atoms with Crippen LogP contribution >= 0.6 is 0 Å². The Morgan fingerprint density at radius 3 is 2.41 bits per heavy atom. The lowest BCUT2D eigenvalue weighted by Gasteiger charge is -2.34. The fourth-order valence-corrected chi connectivity index (χ4v) is 3.87. The molecule has 184 valence electrons. The highest BCUT2D eigenvalue weighted by molar-refractivity contribution is 5.97. The van der Waals surface area contributed by atoms with Crippen molar-refractivity contribution in [1.82, 2.24) is 4.90 Å². The van der Waals surface area contributed by atoms with E-state index in [2.05, 4.69) is 0 Å². The van der Waals surface area contributed by atoms with Gasteiger partial charge in [0.25, 0.3) is 5.91 Å². The molecule has 1 unspecified atom stereocenters. The zero-order valence-electron chi connectivity index (χ0n) is 18.8. The molecule has 1 heterocycles. The molecule has 1 fully saturated rings. The number of hydrogen-bond donors (Lipinski definition) is 0. The van der Waals surface area contributed by atoms with Gasteiger partial charge in [-0.2, -0.15) is 13.2 Å². The molecule has 1 aliphatic rings. The second kappa shape index (κ2) is 10.8. The van der Waals surface area contributed by atoms with E-state index in [1.165, 1.54) is 19.1 Å². The summed E-state index contributed by atoms with van der Waals surface area (Å²) >= 11 is 0. The van der Waals surface area contributed by atoms with Crippen LogP contribution in [0.2, 0.25) is 0 Å². The highest BCUT2D eigenvalue weighted by Gasteiger charge is 2.36. The van der Waals surface area contributed by atoms with Gasteiger partial charge in [0.15, 0.2) is 11.5 Å². The van der Waals surface area contributed by atoms with Gasteiger partial charge in [-0.05, 0) is 55.2 Å². The minimum absolute atomic E-state index is 0.0573. The van der Waals surface area contributed by atoms with Gasteiger partial charge in [-0.25, -0.2) is 9.18 Å². The van der Waals surface area contributed by atoms with Crippen LogP contribution in [0.3, 0.4) is 0 Å². The Labute approximate surface area is 194 Å². The van der Waals surface area contributed by atoms with Gasteiger partial charge in [0, 0.05) is 18.5 Å². The second-order valence-electron chi connectivity index (χ2n) is 7.81. The van der Waals surface area contributed by atoms with Crippen molar-refractivity contribution in [3.8, 4) is 11.5 Å². The van der Waals surface area contributed by atoms with Crippen molar-refractivity contribution < 1.29 is 41.4 Å². The van der Waals surface area contributed by atoms with E-state index < -0.39 is 35.5 Å². The number of esters is 1. The predicted octanol–water partition coefficient (Wildman–Crippen LogP) is 4.64. The van der Waals surface area contributed by atoms with Crippen LogP contribution in [0.4, 0.5) is 17.6 Å². The number of halogens is 4. The van der Waals surface area contributed by atoms with Gasteiger partial charge in [-0.3, -0.25) is 4.79 Å². The Morgan fingerprint density at radius 1 is 1.03 bits per heavy atom. The molecule has 3 rings (SSSR count). The number of amides is 1. The number of piperidine rings is 1. The van der Waals surface area contributed by atoms with Gasteiger partial charge in [0.05, 0.1) is 26.4 Å². The highest BCUT2D eigenvalue weighted by Crippen LogP contribution is 2.32. The molecule has 2 aromatic carbocycles. The van der Waals surface area contributed by atoms with Crippen molar-refractivity contribution >= 4 is 11.9 Å². The summed E-state index contributed by atoms with van der Waals surface area (Å²) in [6.07, 6.45) is -2.82. The lowest BCUT2D eigenvalue weighted by atomic mass is 10.00. The maximum absolute atomic E-state index is 14.0. The van der Waals surface area contributed by atoms with Crippen molar-refractivity contribution in [3.63, 3.8) is 0 Å². The standard InChI is InChI=1S/C24H25F4NO5/c1-32-20-9-6-15(13-21(20)33-2)10-12-34-23(31)19-5-3-4-11-29(19)22(30)16-7-8-17(18(25)14-16)24(26,27)28/h6-9,13-14,19H,3-5,10-12H2,1-2H3. The summed E-state index contributed by atoms with van der Waals surface area (Å²) in [6, 6.07) is 6.43. The Kier molecular flexibility index (Phi) is 8.01. The van der Waals surface area contributed by atoms with Crippen molar-refractivity contribution in [3.05, 3.63) is 58.9 Å². The fraction of sp³-hybridized carbons (Fsp3) is 0.417. The predicted molar refractivity (Wildman–Crippen MR) is 114 cm³/mol. The molecular weight excluding hydrogens is 458 g/mol. The van der Waals surface area contributed by atoms with E-state index >= 15 is 0 Å². The van der Waals surface area contributed by atoms with Crippen LogP contribution in [-0.4, -0.2) is 50.2 Å². The van der Waals surface area contributed by atoms with Gasteiger partial charge in [0.2, 0.25) is 0 Å². The van der Waals surface area contributed by atoms with E-state index in [9.17, 15) is 27.2 Å². The van der Waals surface area contributed by atoms with Gasteiger partial charge >= 0.3 is 12.1 Å². The van der Waals surface area contributed by atoms with Gasteiger partial charge in [0.1, 0.15) is 11.9 Å². The summed E-state index contributed by atoms with van der Waals surface area (Å²) in [7, 11) is 3.04. The fourth-order valence-electron chi connectivity index (χ4n) is 3.87. The van der Waals surface area contributed by atoms with Crippen LogP contribution in [0.5, 0.6) is 11.5 Å². The molecular formula is C24H25F4NO5. The van der Waals surface area contributed by atoms with Crippen LogP contribution in [0.15, 0.2) is 36.4 Å². The summed E-state index contributed by atoms with van der Waals surface area (Å²) in [5.41, 5.74) is -0.855. The quantitative estimate of drug-likeness (QED) is 0.424.